The van der Waals surface area contributed by atoms with Crippen molar-refractivity contribution in [3.8, 4) is 0 Å². The third-order valence-electron chi connectivity index (χ3n) is 0.999. The summed E-state index contributed by atoms with van der Waals surface area (Å²) < 4.78 is 8.97. The SMILES string of the molecule is CCCC(=O)OC(C)OC=O. The summed E-state index contributed by atoms with van der Waals surface area (Å²) >= 11 is 0. The van der Waals surface area contributed by atoms with Crippen molar-refractivity contribution in [3.05, 3.63) is 0 Å². The summed E-state index contributed by atoms with van der Waals surface area (Å²) in [6, 6.07) is 0. The van der Waals surface area contributed by atoms with Crippen molar-refractivity contribution in [2.45, 2.75) is 33.0 Å². The van der Waals surface area contributed by atoms with E-state index in [0.29, 0.717) is 6.42 Å². The number of carbonyl (C=O) groups is 2. The van der Waals surface area contributed by atoms with Gasteiger partial charge in [-0.2, -0.15) is 0 Å². The number of hydrogen-bond acceptors (Lipinski definition) is 4. The Morgan fingerprint density at radius 1 is 1.64 bits per heavy atom. The maximum Gasteiger partial charge on any atom is 0.308 e. The van der Waals surface area contributed by atoms with Crippen LogP contribution in [0.15, 0.2) is 0 Å². The number of rotatable bonds is 5. The highest BCUT2D eigenvalue weighted by atomic mass is 16.7. The molecule has 11 heavy (non-hydrogen) atoms. The first kappa shape index (κ1) is 9.94. The molecule has 0 aliphatic heterocycles. The lowest BCUT2D eigenvalue weighted by molar-refractivity contribution is -0.176. The van der Waals surface area contributed by atoms with Crippen LogP contribution in [-0.2, 0) is 19.1 Å². The molecule has 0 N–H and O–H groups in total. The first-order valence-corrected chi connectivity index (χ1v) is 3.49. The lowest BCUT2D eigenvalue weighted by Gasteiger charge is -2.09. The topological polar surface area (TPSA) is 52.6 Å². The third kappa shape index (κ3) is 5.39. The van der Waals surface area contributed by atoms with Gasteiger partial charge in [-0.15, -0.1) is 0 Å². The second-order valence-electron chi connectivity index (χ2n) is 2.04. The van der Waals surface area contributed by atoms with Gasteiger partial charge in [0.25, 0.3) is 6.47 Å². The fourth-order valence-electron chi connectivity index (χ4n) is 0.554. The van der Waals surface area contributed by atoms with E-state index in [9.17, 15) is 9.59 Å². The lowest BCUT2D eigenvalue weighted by Crippen LogP contribution is -2.16. The fraction of sp³-hybridized carbons (Fsp3) is 0.714. The molecule has 4 heteroatoms. The molecule has 0 aromatic heterocycles. The Balaban J connectivity index is 3.48. The Bertz CT molecular complexity index is 132. The van der Waals surface area contributed by atoms with Gasteiger partial charge in [-0.25, -0.2) is 0 Å². The zero-order valence-electron chi connectivity index (χ0n) is 6.70. The van der Waals surface area contributed by atoms with Crippen LogP contribution in [0.1, 0.15) is 26.7 Å². The van der Waals surface area contributed by atoms with E-state index in [2.05, 4.69) is 9.47 Å². The maximum absolute atomic E-state index is 10.7. The number of carbonyl (C=O) groups excluding carboxylic acids is 2. The molecule has 0 fully saturated rings. The molecular formula is C7H12O4. The predicted octanol–water partition coefficient (Wildman–Crippen LogP) is 0.849. The highest BCUT2D eigenvalue weighted by molar-refractivity contribution is 5.69. The highest BCUT2D eigenvalue weighted by Gasteiger charge is 2.07. The van der Waals surface area contributed by atoms with Crippen LogP contribution in [0.2, 0.25) is 0 Å². The van der Waals surface area contributed by atoms with E-state index in [1.54, 1.807) is 0 Å². The second kappa shape index (κ2) is 5.70. The van der Waals surface area contributed by atoms with Gasteiger partial charge in [0.05, 0.1) is 0 Å². The molecular weight excluding hydrogens is 148 g/mol. The van der Waals surface area contributed by atoms with Crippen molar-refractivity contribution < 1.29 is 19.1 Å². The second-order valence-corrected chi connectivity index (χ2v) is 2.04. The monoisotopic (exact) mass is 160 g/mol. The Kier molecular flexibility index (Phi) is 5.15. The number of esters is 1. The smallest absolute Gasteiger partial charge is 0.308 e. The Labute approximate surface area is 65.5 Å². The summed E-state index contributed by atoms with van der Waals surface area (Å²) in [4.78, 5) is 20.5. The summed E-state index contributed by atoms with van der Waals surface area (Å²) in [6.45, 7) is 3.61. The Hall–Kier alpha value is -1.06. The minimum absolute atomic E-state index is 0.254. The molecule has 1 atom stereocenters. The van der Waals surface area contributed by atoms with Gasteiger partial charge in [0.1, 0.15) is 0 Å². The zero-order valence-corrected chi connectivity index (χ0v) is 6.70. The Morgan fingerprint density at radius 2 is 2.27 bits per heavy atom. The zero-order chi connectivity index (χ0) is 8.69. The van der Waals surface area contributed by atoms with E-state index in [-0.39, 0.29) is 12.4 Å². The van der Waals surface area contributed by atoms with Crippen molar-refractivity contribution in [2.24, 2.45) is 0 Å². The average Bonchev–Trinajstić information content (AvgIpc) is 1.87. The van der Waals surface area contributed by atoms with Crippen LogP contribution in [0.5, 0.6) is 0 Å². The molecule has 0 aliphatic carbocycles. The molecule has 0 amide bonds. The molecule has 0 aromatic carbocycles. The van der Waals surface area contributed by atoms with Crippen LogP contribution >= 0.6 is 0 Å². The van der Waals surface area contributed by atoms with Crippen LogP contribution in [0, 0.1) is 0 Å². The van der Waals surface area contributed by atoms with E-state index >= 15 is 0 Å². The van der Waals surface area contributed by atoms with Crippen LogP contribution in [0.4, 0.5) is 0 Å². The molecule has 0 heterocycles. The van der Waals surface area contributed by atoms with Gasteiger partial charge >= 0.3 is 5.97 Å². The van der Waals surface area contributed by atoms with Crippen LogP contribution in [0.25, 0.3) is 0 Å². The van der Waals surface area contributed by atoms with Gasteiger partial charge < -0.3 is 9.47 Å². The third-order valence-corrected chi connectivity index (χ3v) is 0.999. The summed E-state index contributed by atoms with van der Waals surface area (Å²) in [6.07, 6.45) is 0.311. The molecule has 0 saturated heterocycles. The molecule has 0 bridgehead atoms. The molecule has 64 valence electrons. The minimum Gasteiger partial charge on any atom is -0.428 e. The van der Waals surface area contributed by atoms with Crippen LogP contribution in [0.3, 0.4) is 0 Å². The first-order chi connectivity index (χ1) is 5.20. The summed E-state index contributed by atoms with van der Waals surface area (Å²) in [5.74, 6) is -0.346. The minimum atomic E-state index is -0.772. The van der Waals surface area contributed by atoms with E-state index < -0.39 is 6.29 Å². The van der Waals surface area contributed by atoms with Gasteiger partial charge in [0, 0.05) is 13.3 Å². The quantitative estimate of drug-likeness (QED) is 0.340. The maximum atomic E-state index is 10.7. The van der Waals surface area contributed by atoms with Crippen molar-refractivity contribution in [1.82, 2.24) is 0 Å². The summed E-state index contributed by atoms with van der Waals surface area (Å²) in [5, 5.41) is 0. The molecule has 0 rings (SSSR count). The largest absolute Gasteiger partial charge is 0.428 e. The van der Waals surface area contributed by atoms with Crippen molar-refractivity contribution in [2.75, 3.05) is 0 Å². The first-order valence-electron chi connectivity index (χ1n) is 3.49. The van der Waals surface area contributed by atoms with Crippen molar-refractivity contribution >= 4 is 12.4 Å². The molecule has 0 radical (unpaired) electrons. The molecule has 4 nitrogen and oxygen atoms in total. The van der Waals surface area contributed by atoms with Crippen LogP contribution in [-0.4, -0.2) is 18.7 Å². The predicted molar refractivity (Wildman–Crippen MR) is 37.6 cm³/mol. The van der Waals surface area contributed by atoms with Gasteiger partial charge in [-0.1, -0.05) is 6.92 Å². The van der Waals surface area contributed by atoms with Gasteiger partial charge in [-0.3, -0.25) is 9.59 Å². The molecule has 0 aromatic rings. The summed E-state index contributed by atoms with van der Waals surface area (Å²) in [5.41, 5.74) is 0. The standard InChI is InChI=1S/C7H12O4/c1-3-4-7(9)11-6(2)10-5-8/h5-6H,3-4H2,1-2H3. The average molecular weight is 160 g/mol. The Morgan fingerprint density at radius 3 is 2.73 bits per heavy atom. The van der Waals surface area contributed by atoms with E-state index in [4.69, 9.17) is 0 Å². The summed E-state index contributed by atoms with van der Waals surface area (Å²) in [7, 11) is 0. The molecule has 0 saturated carbocycles. The van der Waals surface area contributed by atoms with Gasteiger partial charge in [0.2, 0.25) is 6.29 Å². The molecule has 0 spiro atoms. The number of ether oxygens (including phenoxy) is 2. The van der Waals surface area contributed by atoms with Crippen molar-refractivity contribution in [1.29, 1.82) is 0 Å². The van der Waals surface area contributed by atoms with Gasteiger partial charge in [0.15, 0.2) is 0 Å². The molecule has 0 aliphatic rings. The van der Waals surface area contributed by atoms with E-state index in [1.807, 2.05) is 6.92 Å². The van der Waals surface area contributed by atoms with Crippen molar-refractivity contribution in [3.63, 3.8) is 0 Å². The van der Waals surface area contributed by atoms with E-state index in [1.165, 1.54) is 6.92 Å². The van der Waals surface area contributed by atoms with E-state index in [0.717, 1.165) is 6.42 Å². The van der Waals surface area contributed by atoms with Crippen LogP contribution < -0.4 is 0 Å². The normalized spacial score (nSPS) is 11.8. The lowest BCUT2D eigenvalue weighted by atomic mass is 10.3. The number of hydrogen-bond donors (Lipinski definition) is 0. The fourth-order valence-corrected chi connectivity index (χ4v) is 0.554. The van der Waals surface area contributed by atoms with Gasteiger partial charge in [-0.05, 0) is 6.42 Å². The highest BCUT2D eigenvalue weighted by Crippen LogP contribution is 1.96. The molecule has 1 unspecified atom stereocenters.